The van der Waals surface area contributed by atoms with E-state index in [1.54, 1.807) is 0 Å². The van der Waals surface area contributed by atoms with Gasteiger partial charge in [-0.3, -0.25) is 14.4 Å². The van der Waals surface area contributed by atoms with Crippen LogP contribution in [0.4, 0.5) is 0 Å². The van der Waals surface area contributed by atoms with E-state index in [0.717, 1.165) is 103 Å². The lowest BCUT2D eigenvalue weighted by atomic mass is 10.0. The molecule has 0 saturated carbocycles. The fraction of sp³-hybridized carbons (Fsp3) is 0.789. The van der Waals surface area contributed by atoms with Gasteiger partial charge in [0.1, 0.15) is 13.2 Å². The summed E-state index contributed by atoms with van der Waals surface area (Å²) in [5, 5.41) is 0. The number of unbranched alkanes of at least 4 members (excludes halogenated alkanes) is 38. The van der Waals surface area contributed by atoms with Gasteiger partial charge >= 0.3 is 17.9 Å². The van der Waals surface area contributed by atoms with E-state index in [2.05, 4.69) is 93.7 Å². The van der Waals surface area contributed by atoms with Crippen LogP contribution in [0, 0.1) is 0 Å². The Kier molecular flexibility index (Phi) is 62.7. The third kappa shape index (κ3) is 63.6. The van der Waals surface area contributed by atoms with Gasteiger partial charge in [0.25, 0.3) is 0 Å². The summed E-state index contributed by atoms with van der Waals surface area (Å²) in [7, 11) is 0. The van der Waals surface area contributed by atoms with Gasteiger partial charge in [-0.15, -0.1) is 0 Å². The first kappa shape index (κ1) is 73.8. The predicted molar refractivity (Wildman–Crippen MR) is 335 cm³/mol. The van der Waals surface area contributed by atoms with E-state index in [0.29, 0.717) is 19.3 Å². The zero-order chi connectivity index (χ0) is 55.7. The Morgan fingerprint density at radius 1 is 0.273 bits per heavy atom. The van der Waals surface area contributed by atoms with Crippen LogP contribution in [0.15, 0.2) is 72.9 Å². The van der Waals surface area contributed by atoms with Gasteiger partial charge in [0, 0.05) is 19.3 Å². The van der Waals surface area contributed by atoms with Crippen LogP contribution < -0.4 is 0 Å². The van der Waals surface area contributed by atoms with Crippen molar-refractivity contribution in [3.63, 3.8) is 0 Å². The summed E-state index contributed by atoms with van der Waals surface area (Å²) in [6, 6.07) is 0. The van der Waals surface area contributed by atoms with Crippen molar-refractivity contribution in [2.24, 2.45) is 0 Å². The van der Waals surface area contributed by atoms with Crippen LogP contribution in [0.3, 0.4) is 0 Å². The number of hydrogen-bond donors (Lipinski definition) is 0. The van der Waals surface area contributed by atoms with E-state index in [1.807, 2.05) is 0 Å². The van der Waals surface area contributed by atoms with Crippen LogP contribution in [0.1, 0.15) is 342 Å². The molecule has 0 radical (unpaired) electrons. The third-order valence-electron chi connectivity index (χ3n) is 14.7. The lowest BCUT2D eigenvalue weighted by Crippen LogP contribution is -2.30. The van der Waals surface area contributed by atoms with Crippen LogP contribution in [0.2, 0.25) is 0 Å². The molecule has 0 aliphatic rings. The largest absolute Gasteiger partial charge is 0.462 e. The van der Waals surface area contributed by atoms with Crippen LogP contribution in [-0.2, 0) is 28.6 Å². The molecule has 6 nitrogen and oxygen atoms in total. The van der Waals surface area contributed by atoms with Crippen molar-refractivity contribution in [2.45, 2.75) is 348 Å². The highest BCUT2D eigenvalue weighted by Crippen LogP contribution is 2.18. The Morgan fingerprint density at radius 3 is 0.844 bits per heavy atom. The van der Waals surface area contributed by atoms with Crippen LogP contribution >= 0.6 is 0 Å². The Labute approximate surface area is 478 Å². The molecule has 0 spiro atoms. The summed E-state index contributed by atoms with van der Waals surface area (Å²) < 4.78 is 16.9. The van der Waals surface area contributed by atoms with Crippen molar-refractivity contribution in [3.05, 3.63) is 72.9 Å². The average Bonchev–Trinajstić information content (AvgIpc) is 3.43. The number of esters is 3. The average molecular weight is 1080 g/mol. The smallest absolute Gasteiger partial charge is 0.306 e. The topological polar surface area (TPSA) is 78.9 Å². The predicted octanol–water partition coefficient (Wildman–Crippen LogP) is 22.9. The van der Waals surface area contributed by atoms with Crippen molar-refractivity contribution in [1.29, 1.82) is 0 Å². The molecule has 0 aliphatic heterocycles. The van der Waals surface area contributed by atoms with Crippen LogP contribution in [0.5, 0.6) is 0 Å². The molecule has 0 aromatic rings. The minimum absolute atomic E-state index is 0.0942. The van der Waals surface area contributed by atoms with Gasteiger partial charge in [-0.05, 0) is 89.9 Å². The number of carbonyl (C=O) groups excluding carboxylic acids is 3. The molecular weight excluding hydrogens is 949 g/mol. The van der Waals surface area contributed by atoms with Crippen LogP contribution in [0.25, 0.3) is 0 Å². The molecule has 0 fully saturated rings. The summed E-state index contributed by atoms with van der Waals surface area (Å²) in [4.78, 5) is 38.3. The number of allylic oxidation sites excluding steroid dienone is 12. The summed E-state index contributed by atoms with van der Waals surface area (Å²) in [5.74, 6) is -0.936. The first-order chi connectivity index (χ1) is 38.0. The lowest BCUT2D eigenvalue weighted by Gasteiger charge is -2.18. The Balaban J connectivity index is 4.23. The van der Waals surface area contributed by atoms with E-state index in [1.165, 1.54) is 193 Å². The number of ether oxygens (including phenoxy) is 3. The highest BCUT2D eigenvalue weighted by atomic mass is 16.6. The molecular formula is C71H126O6. The van der Waals surface area contributed by atoms with E-state index < -0.39 is 6.10 Å². The summed E-state index contributed by atoms with van der Waals surface area (Å²) in [5.41, 5.74) is 0. The van der Waals surface area contributed by atoms with E-state index >= 15 is 0 Å². The highest BCUT2D eigenvalue weighted by Gasteiger charge is 2.19. The molecule has 446 valence electrons. The van der Waals surface area contributed by atoms with Crippen molar-refractivity contribution in [2.75, 3.05) is 13.2 Å². The standard InChI is InChI=1S/C71H126O6/c1-4-7-10-13-16-19-22-25-28-29-30-31-32-33-34-35-36-37-38-39-40-41-44-46-49-52-55-58-61-64-70(73)76-67-68(77-71(74)65-62-59-56-53-50-47-43-27-24-21-18-15-12-9-6-3)66-75-69(72)63-60-57-54-51-48-45-42-26-23-20-17-14-11-8-5-2/h9,12,17-18,20-21,26-27,42-43,50,53,68H,4-8,10-11,13-16,19,22-25,28-41,44-49,51-52,54-67H2,1-3H3/b12-9-,20-17-,21-18-,42-26-,43-27-,53-50-. The minimum atomic E-state index is -0.803. The quantitative estimate of drug-likeness (QED) is 0.0261. The Hall–Kier alpha value is -3.15. The van der Waals surface area contributed by atoms with Gasteiger partial charge in [-0.2, -0.15) is 0 Å². The van der Waals surface area contributed by atoms with E-state index in [4.69, 9.17) is 14.2 Å². The molecule has 0 bridgehead atoms. The maximum absolute atomic E-state index is 12.9. The van der Waals surface area contributed by atoms with Crippen LogP contribution in [-0.4, -0.2) is 37.2 Å². The fourth-order valence-corrected chi connectivity index (χ4v) is 9.70. The van der Waals surface area contributed by atoms with Gasteiger partial charge in [0.05, 0.1) is 0 Å². The second-order valence-electron chi connectivity index (χ2n) is 22.4. The molecule has 6 heteroatoms. The van der Waals surface area contributed by atoms with Gasteiger partial charge in [-0.25, -0.2) is 0 Å². The first-order valence-electron chi connectivity index (χ1n) is 33.4. The fourth-order valence-electron chi connectivity index (χ4n) is 9.70. The normalized spacial score (nSPS) is 12.5. The molecule has 0 rings (SSSR count). The molecule has 1 unspecified atom stereocenters. The summed E-state index contributed by atoms with van der Waals surface area (Å²) in [6.07, 6.45) is 85.1. The van der Waals surface area contributed by atoms with Crippen molar-refractivity contribution >= 4 is 17.9 Å². The third-order valence-corrected chi connectivity index (χ3v) is 14.7. The van der Waals surface area contributed by atoms with Gasteiger partial charge in [0.15, 0.2) is 6.10 Å². The number of rotatable bonds is 61. The Morgan fingerprint density at radius 2 is 0.506 bits per heavy atom. The summed E-state index contributed by atoms with van der Waals surface area (Å²) >= 11 is 0. The van der Waals surface area contributed by atoms with Gasteiger partial charge < -0.3 is 14.2 Å². The maximum atomic E-state index is 12.9. The van der Waals surface area contributed by atoms with E-state index in [9.17, 15) is 14.4 Å². The first-order valence-corrected chi connectivity index (χ1v) is 33.4. The van der Waals surface area contributed by atoms with E-state index in [-0.39, 0.29) is 37.5 Å². The second-order valence-corrected chi connectivity index (χ2v) is 22.4. The van der Waals surface area contributed by atoms with Gasteiger partial charge in [0.2, 0.25) is 0 Å². The number of hydrogen-bond acceptors (Lipinski definition) is 6. The van der Waals surface area contributed by atoms with Crippen molar-refractivity contribution in [1.82, 2.24) is 0 Å². The van der Waals surface area contributed by atoms with Gasteiger partial charge in [-0.1, -0.05) is 306 Å². The molecule has 0 N–H and O–H groups in total. The molecule has 0 aromatic heterocycles. The zero-order valence-corrected chi connectivity index (χ0v) is 51.2. The molecule has 77 heavy (non-hydrogen) atoms. The molecule has 0 amide bonds. The molecule has 0 aliphatic carbocycles. The monoisotopic (exact) mass is 1070 g/mol. The van der Waals surface area contributed by atoms with Crippen molar-refractivity contribution in [3.8, 4) is 0 Å². The Bertz CT molecular complexity index is 1420. The summed E-state index contributed by atoms with van der Waals surface area (Å²) in [6.45, 7) is 6.50. The highest BCUT2D eigenvalue weighted by molar-refractivity contribution is 5.71. The van der Waals surface area contributed by atoms with Crippen molar-refractivity contribution < 1.29 is 28.6 Å². The minimum Gasteiger partial charge on any atom is -0.462 e. The second kappa shape index (κ2) is 65.4. The SMILES string of the molecule is CC/C=C\C/C=C\C/C=C\C/C=C\CCCCC(=O)OC(COC(=O)CCCCCCC/C=C\C/C=C\CCCCC)COC(=O)CCCCCCCCCCCCCCCCCCCCCCCCCCCCCCC. The maximum Gasteiger partial charge on any atom is 0.306 e. The molecule has 1 atom stereocenters. The lowest BCUT2D eigenvalue weighted by molar-refractivity contribution is -0.167. The molecule has 0 heterocycles. The molecule has 0 aromatic carbocycles. The number of carbonyl (C=O) groups is 3. The molecule has 0 saturated heterocycles. The zero-order valence-electron chi connectivity index (χ0n) is 51.2.